The molecular formula is C22H25N3O4S3. The standard InChI is InChI=1S/C22H25N3O4S3/c1-16-8-9-17(15-20(16)32(27,28)25-10-12-29-13-11-25)23-21(26)7-4-14-30-22-24-18-5-2-3-6-19(18)31-22/h2-3,5-6,8-9,15H,4,7,10-14H2,1H3,(H,23,26). The molecule has 1 amide bonds. The van der Waals surface area contributed by atoms with Crippen LogP contribution in [0.2, 0.25) is 0 Å². The van der Waals surface area contributed by atoms with Gasteiger partial charge in [-0.3, -0.25) is 4.79 Å². The molecule has 1 aliphatic heterocycles. The summed E-state index contributed by atoms with van der Waals surface area (Å²) in [6.07, 6.45) is 1.06. The van der Waals surface area contributed by atoms with Gasteiger partial charge in [-0.15, -0.1) is 11.3 Å². The van der Waals surface area contributed by atoms with Gasteiger partial charge in [0.15, 0.2) is 4.34 Å². The predicted molar refractivity (Wildman–Crippen MR) is 129 cm³/mol. The minimum Gasteiger partial charge on any atom is -0.379 e. The number of nitrogens with zero attached hydrogens (tertiary/aromatic N) is 2. The van der Waals surface area contributed by atoms with E-state index in [1.54, 1.807) is 48.2 Å². The van der Waals surface area contributed by atoms with Crippen LogP contribution in [-0.2, 0) is 19.6 Å². The van der Waals surface area contributed by atoms with E-state index in [9.17, 15) is 13.2 Å². The number of ether oxygens (including phenoxy) is 1. The zero-order valence-electron chi connectivity index (χ0n) is 17.7. The first-order chi connectivity index (χ1) is 15.4. The van der Waals surface area contributed by atoms with Gasteiger partial charge in [0.05, 0.1) is 28.3 Å². The van der Waals surface area contributed by atoms with Gasteiger partial charge < -0.3 is 10.1 Å². The average Bonchev–Trinajstić information content (AvgIpc) is 3.21. The van der Waals surface area contributed by atoms with Crippen molar-refractivity contribution in [2.24, 2.45) is 0 Å². The number of morpholine rings is 1. The number of carbonyl (C=O) groups excluding carboxylic acids is 1. The van der Waals surface area contributed by atoms with Gasteiger partial charge in [0.1, 0.15) is 0 Å². The van der Waals surface area contributed by atoms with E-state index in [1.165, 1.54) is 4.31 Å². The maximum atomic E-state index is 13.0. The van der Waals surface area contributed by atoms with Gasteiger partial charge in [-0.25, -0.2) is 13.4 Å². The van der Waals surface area contributed by atoms with Crippen molar-refractivity contribution in [2.75, 3.05) is 37.4 Å². The molecule has 2 heterocycles. The van der Waals surface area contributed by atoms with E-state index in [-0.39, 0.29) is 10.8 Å². The summed E-state index contributed by atoms with van der Waals surface area (Å²) >= 11 is 3.31. The number of para-hydroxylation sites is 1. The zero-order valence-corrected chi connectivity index (χ0v) is 20.2. The summed E-state index contributed by atoms with van der Waals surface area (Å²) in [4.78, 5) is 17.2. The van der Waals surface area contributed by atoms with E-state index in [0.717, 1.165) is 20.3 Å². The lowest BCUT2D eigenvalue weighted by Crippen LogP contribution is -2.40. The molecule has 0 radical (unpaired) electrons. The Labute approximate surface area is 196 Å². The molecule has 1 saturated heterocycles. The number of hydrogen-bond donors (Lipinski definition) is 1. The zero-order chi connectivity index (χ0) is 22.6. The summed E-state index contributed by atoms with van der Waals surface area (Å²) in [7, 11) is -3.62. The molecule has 32 heavy (non-hydrogen) atoms. The highest BCUT2D eigenvalue weighted by Crippen LogP contribution is 2.30. The first kappa shape index (κ1) is 23.2. The molecule has 0 spiro atoms. The molecule has 0 aliphatic carbocycles. The largest absolute Gasteiger partial charge is 0.379 e. The Bertz CT molecular complexity index is 1170. The fourth-order valence-corrected chi connectivity index (χ4v) is 7.15. The van der Waals surface area contributed by atoms with Crippen molar-refractivity contribution in [3.63, 3.8) is 0 Å². The first-order valence-electron chi connectivity index (χ1n) is 10.4. The van der Waals surface area contributed by atoms with E-state index in [0.29, 0.717) is 50.4 Å². The summed E-state index contributed by atoms with van der Waals surface area (Å²) < 4.78 is 34.9. The molecular weight excluding hydrogens is 466 g/mol. The highest BCUT2D eigenvalue weighted by molar-refractivity contribution is 8.01. The molecule has 0 bridgehead atoms. The van der Waals surface area contributed by atoms with Gasteiger partial charge in [0.25, 0.3) is 0 Å². The SMILES string of the molecule is Cc1ccc(NC(=O)CCCSc2nc3ccccc3s2)cc1S(=O)(=O)N1CCOCC1. The van der Waals surface area contributed by atoms with Crippen molar-refractivity contribution in [1.82, 2.24) is 9.29 Å². The van der Waals surface area contributed by atoms with E-state index < -0.39 is 10.0 Å². The Morgan fingerprint density at radius 1 is 1.22 bits per heavy atom. The second-order valence-corrected chi connectivity index (χ2v) is 11.7. The maximum Gasteiger partial charge on any atom is 0.243 e. The molecule has 1 aromatic heterocycles. The summed E-state index contributed by atoms with van der Waals surface area (Å²) in [6, 6.07) is 13.0. The Morgan fingerprint density at radius 2 is 2.00 bits per heavy atom. The minimum absolute atomic E-state index is 0.131. The van der Waals surface area contributed by atoms with Crippen LogP contribution in [-0.4, -0.2) is 55.7 Å². The topological polar surface area (TPSA) is 88.6 Å². The molecule has 10 heteroatoms. The van der Waals surface area contributed by atoms with Gasteiger partial charge in [-0.05, 0) is 43.2 Å². The van der Waals surface area contributed by atoms with Crippen LogP contribution in [0.1, 0.15) is 18.4 Å². The monoisotopic (exact) mass is 491 g/mol. The van der Waals surface area contributed by atoms with Crippen LogP contribution in [0.15, 0.2) is 51.7 Å². The lowest BCUT2D eigenvalue weighted by atomic mass is 10.2. The van der Waals surface area contributed by atoms with Crippen LogP contribution >= 0.6 is 23.1 Å². The van der Waals surface area contributed by atoms with Gasteiger partial charge in [0.2, 0.25) is 15.9 Å². The maximum absolute atomic E-state index is 13.0. The third-order valence-electron chi connectivity index (χ3n) is 5.11. The van der Waals surface area contributed by atoms with Gasteiger partial charge >= 0.3 is 0 Å². The van der Waals surface area contributed by atoms with Crippen molar-refractivity contribution >= 4 is 54.9 Å². The second kappa shape index (κ2) is 10.3. The van der Waals surface area contributed by atoms with Crippen molar-refractivity contribution in [3.05, 3.63) is 48.0 Å². The Balaban J connectivity index is 1.31. The smallest absolute Gasteiger partial charge is 0.243 e. The van der Waals surface area contributed by atoms with E-state index in [4.69, 9.17) is 4.74 Å². The molecule has 1 N–H and O–H groups in total. The summed E-state index contributed by atoms with van der Waals surface area (Å²) in [6.45, 7) is 3.22. The fraction of sp³-hybridized carbons (Fsp3) is 0.364. The number of benzene rings is 2. The number of amides is 1. The lowest BCUT2D eigenvalue weighted by Gasteiger charge is -2.26. The van der Waals surface area contributed by atoms with Crippen LogP contribution in [0.25, 0.3) is 10.2 Å². The number of thioether (sulfide) groups is 1. The summed E-state index contributed by atoms with van der Waals surface area (Å²) in [5, 5.41) is 2.84. The van der Waals surface area contributed by atoms with E-state index in [1.807, 2.05) is 18.2 Å². The Morgan fingerprint density at radius 3 is 2.78 bits per heavy atom. The fourth-order valence-electron chi connectivity index (χ4n) is 3.41. The normalized spacial score (nSPS) is 15.2. The van der Waals surface area contributed by atoms with Crippen molar-refractivity contribution < 1.29 is 17.9 Å². The molecule has 2 aromatic carbocycles. The molecule has 1 aliphatic rings. The van der Waals surface area contributed by atoms with Gasteiger partial charge in [0, 0.05) is 31.0 Å². The number of sulfonamides is 1. The molecule has 170 valence electrons. The number of aryl methyl sites for hydroxylation is 1. The number of anilines is 1. The molecule has 7 nitrogen and oxygen atoms in total. The van der Waals surface area contributed by atoms with Crippen LogP contribution in [0.4, 0.5) is 5.69 Å². The Hall–Kier alpha value is -1.98. The van der Waals surface area contributed by atoms with Crippen molar-refractivity contribution in [3.8, 4) is 0 Å². The van der Waals surface area contributed by atoms with Gasteiger partial charge in [-0.1, -0.05) is 30.0 Å². The van der Waals surface area contributed by atoms with E-state index >= 15 is 0 Å². The Kier molecular flexibility index (Phi) is 7.47. The molecule has 4 rings (SSSR count). The number of hydrogen-bond acceptors (Lipinski definition) is 7. The third kappa shape index (κ3) is 5.49. The van der Waals surface area contributed by atoms with E-state index in [2.05, 4.69) is 16.4 Å². The number of carbonyl (C=O) groups is 1. The molecule has 0 atom stereocenters. The number of rotatable bonds is 8. The van der Waals surface area contributed by atoms with Crippen LogP contribution in [0.5, 0.6) is 0 Å². The third-order valence-corrected chi connectivity index (χ3v) is 9.41. The molecule has 0 unspecified atom stereocenters. The number of aromatic nitrogens is 1. The quantitative estimate of drug-likeness (QED) is 0.376. The number of thiazole rings is 1. The highest BCUT2D eigenvalue weighted by atomic mass is 32.2. The predicted octanol–water partition coefficient (Wildman–Crippen LogP) is 4.14. The van der Waals surface area contributed by atoms with Gasteiger partial charge in [-0.2, -0.15) is 4.31 Å². The molecule has 0 saturated carbocycles. The molecule has 1 fully saturated rings. The number of fused-ring (bicyclic) bond motifs is 1. The number of nitrogens with one attached hydrogen (secondary N) is 1. The lowest BCUT2D eigenvalue weighted by molar-refractivity contribution is -0.116. The summed E-state index contributed by atoms with van der Waals surface area (Å²) in [5.41, 5.74) is 2.15. The van der Waals surface area contributed by atoms with Crippen LogP contribution < -0.4 is 5.32 Å². The average molecular weight is 492 g/mol. The van der Waals surface area contributed by atoms with Crippen molar-refractivity contribution in [2.45, 2.75) is 29.0 Å². The molecule has 3 aromatic rings. The van der Waals surface area contributed by atoms with Crippen molar-refractivity contribution in [1.29, 1.82) is 0 Å². The van der Waals surface area contributed by atoms with Crippen LogP contribution in [0, 0.1) is 6.92 Å². The summed E-state index contributed by atoms with van der Waals surface area (Å²) in [5.74, 6) is 0.658. The van der Waals surface area contributed by atoms with Crippen LogP contribution in [0.3, 0.4) is 0 Å². The highest BCUT2D eigenvalue weighted by Gasteiger charge is 2.28. The minimum atomic E-state index is -3.62. The first-order valence-corrected chi connectivity index (χ1v) is 13.6. The second-order valence-electron chi connectivity index (χ2n) is 7.44.